The number of carbonyl (C=O) groups excluding carboxylic acids is 1. The summed E-state index contributed by atoms with van der Waals surface area (Å²) in [6, 6.07) is 6.54. The number of hydrogen-bond acceptors (Lipinski definition) is 3. The summed E-state index contributed by atoms with van der Waals surface area (Å²) in [6.45, 7) is 1.79. The highest BCUT2D eigenvalue weighted by Crippen LogP contribution is 2.18. The summed E-state index contributed by atoms with van der Waals surface area (Å²) in [6.07, 6.45) is 0. The van der Waals surface area contributed by atoms with Crippen LogP contribution in [-0.2, 0) is 4.79 Å². The number of halogens is 2. The van der Waals surface area contributed by atoms with Gasteiger partial charge in [0, 0.05) is 26.1 Å². The van der Waals surface area contributed by atoms with Gasteiger partial charge in [0.25, 0.3) is 0 Å². The van der Waals surface area contributed by atoms with Crippen molar-refractivity contribution in [2.75, 3.05) is 13.1 Å². The predicted molar refractivity (Wildman–Crippen MR) is 68.2 cm³/mol. The lowest BCUT2D eigenvalue weighted by Crippen LogP contribution is -2.31. The van der Waals surface area contributed by atoms with E-state index in [4.69, 9.17) is 0 Å². The molecule has 0 heterocycles. The van der Waals surface area contributed by atoms with Gasteiger partial charge in [-0.25, -0.2) is 0 Å². The van der Waals surface area contributed by atoms with Gasteiger partial charge in [-0.1, -0.05) is 12.1 Å². The number of rotatable bonds is 7. The number of benzene rings is 1. The maximum atomic E-state index is 12.0. The predicted octanol–water partition coefficient (Wildman–Crippen LogP) is 2.07. The van der Waals surface area contributed by atoms with Gasteiger partial charge in [-0.15, -0.1) is 0 Å². The van der Waals surface area contributed by atoms with Crippen molar-refractivity contribution in [2.24, 2.45) is 0 Å². The normalized spacial score (nSPS) is 12.3. The number of amides is 1. The Morgan fingerprint density at radius 3 is 2.42 bits per heavy atom. The van der Waals surface area contributed by atoms with Crippen molar-refractivity contribution < 1.29 is 18.3 Å². The Bertz CT molecular complexity index is 396. The van der Waals surface area contributed by atoms with E-state index in [2.05, 4.69) is 15.4 Å². The van der Waals surface area contributed by atoms with Crippen molar-refractivity contribution in [1.29, 1.82) is 0 Å². The molecule has 4 nitrogen and oxygen atoms in total. The highest BCUT2D eigenvalue weighted by molar-refractivity contribution is 5.72. The minimum absolute atomic E-state index is 0.0642. The molecule has 6 heteroatoms. The molecule has 19 heavy (non-hydrogen) atoms. The molecule has 0 aliphatic rings. The zero-order valence-electron chi connectivity index (χ0n) is 11.0. The minimum atomic E-state index is -2.81. The second-order valence-corrected chi connectivity index (χ2v) is 4.11. The lowest BCUT2D eigenvalue weighted by molar-refractivity contribution is -0.118. The summed E-state index contributed by atoms with van der Waals surface area (Å²) in [4.78, 5) is 10.7. The first kappa shape index (κ1) is 15.4. The minimum Gasteiger partial charge on any atom is -0.435 e. The van der Waals surface area contributed by atoms with Crippen LogP contribution in [0.2, 0.25) is 0 Å². The second-order valence-electron chi connectivity index (χ2n) is 4.11. The highest BCUT2D eigenvalue weighted by atomic mass is 19.3. The molecule has 0 aromatic heterocycles. The fourth-order valence-corrected chi connectivity index (χ4v) is 1.58. The van der Waals surface area contributed by atoms with E-state index in [9.17, 15) is 13.6 Å². The molecule has 1 unspecified atom stereocenters. The summed E-state index contributed by atoms with van der Waals surface area (Å²) < 4.78 is 28.2. The topological polar surface area (TPSA) is 50.4 Å². The average molecular weight is 272 g/mol. The summed E-state index contributed by atoms with van der Waals surface area (Å²) >= 11 is 0. The number of alkyl halides is 2. The fraction of sp³-hybridized carbons (Fsp3) is 0.462. The maximum absolute atomic E-state index is 12.0. The number of carbonyl (C=O) groups is 1. The first-order valence-electron chi connectivity index (χ1n) is 6.01. The first-order valence-corrected chi connectivity index (χ1v) is 6.01. The van der Waals surface area contributed by atoms with E-state index in [1.165, 1.54) is 19.1 Å². The van der Waals surface area contributed by atoms with Crippen LogP contribution in [0.25, 0.3) is 0 Å². The van der Waals surface area contributed by atoms with E-state index in [0.717, 1.165) is 5.56 Å². The van der Waals surface area contributed by atoms with E-state index in [1.54, 1.807) is 12.1 Å². The third-order valence-electron chi connectivity index (χ3n) is 2.55. The molecule has 0 bridgehead atoms. The molecule has 0 saturated carbocycles. The fourth-order valence-electron chi connectivity index (χ4n) is 1.58. The van der Waals surface area contributed by atoms with Gasteiger partial charge in [-0.3, -0.25) is 4.79 Å². The molecule has 0 saturated heterocycles. The Balaban J connectivity index is 2.39. The number of nitrogens with one attached hydrogen (secondary N) is 2. The second kappa shape index (κ2) is 7.68. The van der Waals surface area contributed by atoms with E-state index >= 15 is 0 Å². The van der Waals surface area contributed by atoms with Gasteiger partial charge < -0.3 is 15.4 Å². The Labute approximate surface area is 111 Å². The van der Waals surface area contributed by atoms with Crippen LogP contribution in [0.4, 0.5) is 8.78 Å². The lowest BCUT2D eigenvalue weighted by atomic mass is 10.1. The molecule has 0 aliphatic heterocycles. The van der Waals surface area contributed by atoms with E-state index in [1.807, 2.05) is 6.92 Å². The molecule has 0 radical (unpaired) electrons. The largest absolute Gasteiger partial charge is 0.435 e. The summed E-state index contributed by atoms with van der Waals surface area (Å²) in [5, 5.41) is 5.89. The Kier molecular flexibility index (Phi) is 6.21. The van der Waals surface area contributed by atoms with Crippen LogP contribution < -0.4 is 15.4 Å². The van der Waals surface area contributed by atoms with Crippen LogP contribution in [0, 0.1) is 0 Å². The molecule has 2 N–H and O–H groups in total. The van der Waals surface area contributed by atoms with Gasteiger partial charge >= 0.3 is 6.61 Å². The van der Waals surface area contributed by atoms with Crippen LogP contribution in [0.15, 0.2) is 24.3 Å². The molecule has 1 aromatic rings. The van der Waals surface area contributed by atoms with Crippen molar-refractivity contribution in [3.63, 3.8) is 0 Å². The van der Waals surface area contributed by atoms with E-state index < -0.39 is 6.61 Å². The molecule has 1 atom stereocenters. The SMILES string of the molecule is CC(=O)NCCNC(C)c1ccc(OC(F)F)cc1. The van der Waals surface area contributed by atoms with Crippen LogP contribution in [-0.4, -0.2) is 25.6 Å². The molecular formula is C13H18F2N2O2. The molecular weight excluding hydrogens is 254 g/mol. The lowest BCUT2D eigenvalue weighted by Gasteiger charge is -2.15. The van der Waals surface area contributed by atoms with Gasteiger partial charge in [-0.05, 0) is 24.6 Å². The van der Waals surface area contributed by atoms with E-state index in [0.29, 0.717) is 13.1 Å². The highest BCUT2D eigenvalue weighted by Gasteiger charge is 2.07. The van der Waals surface area contributed by atoms with Gasteiger partial charge in [0.2, 0.25) is 5.91 Å². The Hall–Kier alpha value is -1.69. The molecule has 0 fully saturated rings. The van der Waals surface area contributed by atoms with Crippen molar-refractivity contribution in [1.82, 2.24) is 10.6 Å². The molecule has 0 spiro atoms. The van der Waals surface area contributed by atoms with Crippen LogP contribution in [0.5, 0.6) is 5.75 Å². The van der Waals surface area contributed by atoms with Gasteiger partial charge in [0.05, 0.1) is 0 Å². The molecule has 1 rings (SSSR count). The van der Waals surface area contributed by atoms with Crippen LogP contribution >= 0.6 is 0 Å². The van der Waals surface area contributed by atoms with Gasteiger partial charge in [0.15, 0.2) is 0 Å². The van der Waals surface area contributed by atoms with Crippen molar-refractivity contribution in [3.8, 4) is 5.75 Å². The zero-order valence-corrected chi connectivity index (χ0v) is 11.0. The van der Waals surface area contributed by atoms with Gasteiger partial charge in [-0.2, -0.15) is 8.78 Å². The van der Waals surface area contributed by atoms with Crippen molar-refractivity contribution in [2.45, 2.75) is 26.5 Å². The Morgan fingerprint density at radius 1 is 1.26 bits per heavy atom. The Morgan fingerprint density at radius 2 is 1.89 bits per heavy atom. The third kappa shape index (κ3) is 6.15. The van der Waals surface area contributed by atoms with Crippen LogP contribution in [0.3, 0.4) is 0 Å². The smallest absolute Gasteiger partial charge is 0.387 e. The molecule has 106 valence electrons. The van der Waals surface area contributed by atoms with Crippen LogP contribution in [0.1, 0.15) is 25.5 Å². The zero-order chi connectivity index (χ0) is 14.3. The van der Waals surface area contributed by atoms with Crippen molar-refractivity contribution in [3.05, 3.63) is 29.8 Å². The molecule has 1 amide bonds. The maximum Gasteiger partial charge on any atom is 0.387 e. The molecule has 0 aliphatic carbocycles. The van der Waals surface area contributed by atoms with Crippen molar-refractivity contribution >= 4 is 5.91 Å². The number of hydrogen-bond donors (Lipinski definition) is 2. The summed E-state index contributed by atoms with van der Waals surface area (Å²) in [5.41, 5.74) is 0.962. The standard InChI is InChI=1S/C13H18F2N2O2/c1-9(16-7-8-17-10(2)18)11-3-5-12(6-4-11)19-13(14)15/h3-6,9,13,16H,7-8H2,1-2H3,(H,17,18). The number of ether oxygens (including phenoxy) is 1. The average Bonchev–Trinajstić information content (AvgIpc) is 2.34. The monoisotopic (exact) mass is 272 g/mol. The first-order chi connectivity index (χ1) is 8.99. The molecule has 1 aromatic carbocycles. The quantitative estimate of drug-likeness (QED) is 0.747. The summed E-state index contributed by atoms with van der Waals surface area (Å²) in [7, 11) is 0. The van der Waals surface area contributed by atoms with Gasteiger partial charge in [0.1, 0.15) is 5.75 Å². The summed E-state index contributed by atoms with van der Waals surface area (Å²) in [5.74, 6) is 0.0761. The van der Waals surface area contributed by atoms with E-state index in [-0.39, 0.29) is 17.7 Å². The third-order valence-corrected chi connectivity index (χ3v) is 2.55.